The van der Waals surface area contributed by atoms with E-state index in [0.717, 1.165) is 54.6 Å². The lowest BCUT2D eigenvalue weighted by Gasteiger charge is -2.27. The molecule has 192 valence electrons. The van der Waals surface area contributed by atoms with Gasteiger partial charge in [-0.25, -0.2) is 4.98 Å². The Kier molecular flexibility index (Phi) is 7.91. The normalized spacial score (nSPS) is 20.5. The molecule has 2 aromatic heterocycles. The number of hydrogen-bond acceptors (Lipinski definition) is 8. The Morgan fingerprint density at radius 2 is 1.81 bits per heavy atom. The number of carbonyl (C=O) groups is 1. The first-order chi connectivity index (χ1) is 17.6. The highest BCUT2D eigenvalue weighted by atomic mass is 32.2. The van der Waals surface area contributed by atoms with Gasteiger partial charge in [-0.1, -0.05) is 12.8 Å². The van der Waals surface area contributed by atoms with Gasteiger partial charge in [-0.05, 0) is 69.0 Å². The summed E-state index contributed by atoms with van der Waals surface area (Å²) < 4.78 is 2.22. The summed E-state index contributed by atoms with van der Waals surface area (Å²) in [5, 5.41) is 9.93. The summed E-state index contributed by atoms with van der Waals surface area (Å²) in [5.41, 5.74) is 8.39. The first kappa shape index (κ1) is 24.8. The van der Waals surface area contributed by atoms with Crippen molar-refractivity contribution < 1.29 is 4.79 Å². The maximum Gasteiger partial charge on any atom is 0.251 e. The monoisotopic (exact) mass is 508 g/mol. The molecule has 9 nitrogen and oxygen atoms in total. The Labute approximate surface area is 216 Å². The third kappa shape index (κ3) is 5.75. The van der Waals surface area contributed by atoms with Gasteiger partial charge in [-0.3, -0.25) is 4.79 Å². The second kappa shape index (κ2) is 11.5. The predicted molar refractivity (Wildman–Crippen MR) is 146 cm³/mol. The highest BCUT2D eigenvalue weighted by Gasteiger charge is 2.23. The quantitative estimate of drug-likeness (QED) is 0.251. The molecular weight excluding hydrogens is 472 g/mol. The van der Waals surface area contributed by atoms with Crippen molar-refractivity contribution in [1.82, 2.24) is 24.8 Å². The van der Waals surface area contributed by atoms with Crippen LogP contribution >= 0.6 is 11.8 Å². The summed E-state index contributed by atoms with van der Waals surface area (Å²) in [6.07, 6.45) is 12.8. The van der Waals surface area contributed by atoms with Crippen molar-refractivity contribution in [2.24, 2.45) is 5.73 Å². The summed E-state index contributed by atoms with van der Waals surface area (Å²) in [5.74, 6) is 1.24. The van der Waals surface area contributed by atoms with Crippen LogP contribution in [0.2, 0.25) is 0 Å². The van der Waals surface area contributed by atoms with E-state index in [2.05, 4.69) is 25.5 Å². The van der Waals surface area contributed by atoms with Crippen LogP contribution in [0.15, 0.2) is 35.5 Å². The van der Waals surface area contributed by atoms with Crippen LogP contribution in [0.4, 0.5) is 11.8 Å². The van der Waals surface area contributed by atoms with Crippen LogP contribution in [0, 0.1) is 0 Å². The molecule has 1 amide bonds. The zero-order valence-electron chi connectivity index (χ0n) is 20.9. The molecule has 36 heavy (non-hydrogen) atoms. The van der Waals surface area contributed by atoms with Gasteiger partial charge in [-0.15, -0.1) is 11.8 Å². The number of fused-ring (bicyclic) bond motifs is 1. The molecule has 0 saturated heterocycles. The van der Waals surface area contributed by atoms with Crippen LogP contribution in [-0.4, -0.2) is 56.9 Å². The molecule has 5 N–H and O–H groups in total. The second-order valence-corrected chi connectivity index (χ2v) is 10.7. The molecule has 0 unspecified atom stereocenters. The lowest BCUT2D eigenvalue weighted by Crippen LogP contribution is -2.33. The SMILES string of the molecule is CSc1ccc(C(=O)NCCNc2nc(NC3CCC(N)CC3)nc3c2ncn3C2CCCC2)cc1. The van der Waals surface area contributed by atoms with Crippen molar-refractivity contribution in [3.63, 3.8) is 0 Å². The van der Waals surface area contributed by atoms with Crippen LogP contribution in [0.3, 0.4) is 0 Å². The van der Waals surface area contributed by atoms with Gasteiger partial charge in [0.2, 0.25) is 5.95 Å². The molecule has 10 heteroatoms. The number of nitrogens with zero attached hydrogens (tertiary/aromatic N) is 4. The zero-order valence-corrected chi connectivity index (χ0v) is 21.7. The average molecular weight is 509 g/mol. The minimum atomic E-state index is -0.0827. The average Bonchev–Trinajstić information content (AvgIpc) is 3.58. The fourth-order valence-corrected chi connectivity index (χ4v) is 5.61. The molecule has 3 aromatic rings. The summed E-state index contributed by atoms with van der Waals surface area (Å²) in [7, 11) is 0. The largest absolute Gasteiger partial charge is 0.366 e. The molecule has 2 aliphatic rings. The number of thioether (sulfide) groups is 1. The third-order valence-electron chi connectivity index (χ3n) is 7.30. The molecule has 0 aliphatic heterocycles. The van der Waals surface area contributed by atoms with Gasteiger partial charge in [0, 0.05) is 41.7 Å². The highest BCUT2D eigenvalue weighted by molar-refractivity contribution is 7.98. The van der Waals surface area contributed by atoms with Gasteiger partial charge in [0.1, 0.15) is 0 Å². The van der Waals surface area contributed by atoms with Gasteiger partial charge in [-0.2, -0.15) is 9.97 Å². The molecule has 1 aromatic carbocycles. The number of benzene rings is 1. The van der Waals surface area contributed by atoms with Gasteiger partial charge >= 0.3 is 0 Å². The van der Waals surface area contributed by atoms with Gasteiger partial charge in [0.15, 0.2) is 17.0 Å². The molecule has 5 rings (SSSR count). The van der Waals surface area contributed by atoms with E-state index in [1.54, 1.807) is 11.8 Å². The summed E-state index contributed by atoms with van der Waals surface area (Å²) in [4.78, 5) is 28.0. The Morgan fingerprint density at radius 1 is 1.06 bits per heavy atom. The maximum absolute atomic E-state index is 12.5. The number of nitrogens with one attached hydrogen (secondary N) is 3. The smallest absolute Gasteiger partial charge is 0.251 e. The van der Waals surface area contributed by atoms with E-state index in [0.29, 0.717) is 48.5 Å². The number of aromatic nitrogens is 4. The molecule has 0 atom stereocenters. The Bertz CT molecular complexity index is 1170. The van der Waals surface area contributed by atoms with Gasteiger partial charge in [0.05, 0.1) is 6.33 Å². The lowest BCUT2D eigenvalue weighted by molar-refractivity contribution is 0.0955. The van der Waals surface area contributed by atoms with Crippen molar-refractivity contribution >= 4 is 40.6 Å². The molecule has 2 aliphatic carbocycles. The van der Waals surface area contributed by atoms with Crippen LogP contribution in [0.5, 0.6) is 0 Å². The summed E-state index contributed by atoms with van der Waals surface area (Å²) in [6.45, 7) is 1.01. The maximum atomic E-state index is 12.5. The zero-order chi connectivity index (χ0) is 24.9. The Morgan fingerprint density at radius 3 is 2.53 bits per heavy atom. The van der Waals surface area contributed by atoms with E-state index in [9.17, 15) is 4.79 Å². The fraction of sp³-hybridized carbons (Fsp3) is 0.538. The molecule has 2 heterocycles. The minimum absolute atomic E-state index is 0.0827. The molecule has 0 bridgehead atoms. The van der Waals surface area contributed by atoms with Crippen LogP contribution < -0.4 is 21.7 Å². The van der Waals surface area contributed by atoms with E-state index in [1.165, 1.54) is 12.8 Å². The highest BCUT2D eigenvalue weighted by Crippen LogP contribution is 2.33. The first-order valence-electron chi connectivity index (χ1n) is 13.0. The topological polar surface area (TPSA) is 123 Å². The number of imidazole rings is 1. The lowest BCUT2D eigenvalue weighted by atomic mass is 9.92. The van der Waals surface area contributed by atoms with E-state index >= 15 is 0 Å². The van der Waals surface area contributed by atoms with Crippen molar-refractivity contribution in [1.29, 1.82) is 0 Å². The molecule has 2 saturated carbocycles. The van der Waals surface area contributed by atoms with Crippen molar-refractivity contribution in [2.45, 2.75) is 74.4 Å². The third-order valence-corrected chi connectivity index (χ3v) is 8.04. The second-order valence-electron chi connectivity index (χ2n) is 9.83. The predicted octanol–water partition coefficient (Wildman–Crippen LogP) is 4.19. The number of hydrogen-bond donors (Lipinski definition) is 4. The van der Waals surface area contributed by atoms with Crippen molar-refractivity contribution in [2.75, 3.05) is 30.0 Å². The fourth-order valence-electron chi connectivity index (χ4n) is 5.20. The van der Waals surface area contributed by atoms with E-state index < -0.39 is 0 Å². The number of amides is 1. The summed E-state index contributed by atoms with van der Waals surface area (Å²) in [6, 6.07) is 8.70. The molecule has 0 spiro atoms. The standard InChI is InChI=1S/C26H36N8OS/c1-36-21-12-6-17(7-13-21)25(35)29-15-14-28-23-22-24(34(16-30-22)20-4-2-3-5-20)33-26(32-23)31-19-10-8-18(27)9-11-19/h6-7,12-13,16,18-20H,2-5,8-11,14-15,27H2,1H3,(H,29,35)(H2,28,31,32,33). The van der Waals surface area contributed by atoms with Crippen LogP contribution in [0.25, 0.3) is 11.2 Å². The van der Waals surface area contributed by atoms with Gasteiger partial charge in [0.25, 0.3) is 5.91 Å². The molecule has 2 fully saturated rings. The van der Waals surface area contributed by atoms with E-state index in [4.69, 9.17) is 15.7 Å². The van der Waals surface area contributed by atoms with Gasteiger partial charge < -0.3 is 26.3 Å². The molecule has 0 radical (unpaired) electrons. The Hall–Kier alpha value is -2.85. The summed E-state index contributed by atoms with van der Waals surface area (Å²) >= 11 is 1.66. The number of carbonyl (C=O) groups excluding carboxylic acids is 1. The number of rotatable bonds is 9. The van der Waals surface area contributed by atoms with Crippen LogP contribution in [-0.2, 0) is 0 Å². The molecular formula is C26H36N8OS. The minimum Gasteiger partial charge on any atom is -0.366 e. The number of nitrogens with two attached hydrogens (primary N) is 1. The van der Waals surface area contributed by atoms with E-state index in [-0.39, 0.29) is 5.91 Å². The van der Waals surface area contributed by atoms with E-state index in [1.807, 2.05) is 36.8 Å². The van der Waals surface area contributed by atoms with Crippen molar-refractivity contribution in [3.8, 4) is 0 Å². The first-order valence-corrected chi connectivity index (χ1v) is 14.3. The Balaban J connectivity index is 1.28. The van der Waals surface area contributed by atoms with Crippen LogP contribution in [0.1, 0.15) is 67.8 Å². The number of anilines is 2. The van der Waals surface area contributed by atoms with Crippen molar-refractivity contribution in [3.05, 3.63) is 36.2 Å².